The van der Waals surface area contributed by atoms with E-state index in [1.165, 1.54) is 4.88 Å². The highest BCUT2D eigenvalue weighted by Crippen LogP contribution is 2.34. The fourth-order valence-electron chi connectivity index (χ4n) is 2.92. The lowest BCUT2D eigenvalue weighted by molar-refractivity contribution is -0.131. The molecular formula is C20H31N3OS2. The maximum absolute atomic E-state index is 13.1. The van der Waals surface area contributed by atoms with Gasteiger partial charge in [0.15, 0.2) is 0 Å². The van der Waals surface area contributed by atoms with Crippen LogP contribution in [0.5, 0.6) is 0 Å². The van der Waals surface area contributed by atoms with Gasteiger partial charge in [0.25, 0.3) is 0 Å². The molecular weight excluding hydrogens is 362 g/mol. The van der Waals surface area contributed by atoms with Gasteiger partial charge in [-0.2, -0.15) is 0 Å². The Morgan fingerprint density at radius 2 is 1.77 bits per heavy atom. The van der Waals surface area contributed by atoms with E-state index in [-0.39, 0.29) is 11.2 Å². The number of carbonyl (C=O) groups is 1. The first-order valence-corrected chi connectivity index (χ1v) is 11.1. The van der Waals surface area contributed by atoms with Gasteiger partial charge in [-0.15, -0.1) is 11.3 Å². The minimum absolute atomic E-state index is 0.157. The first-order valence-electron chi connectivity index (χ1n) is 9.43. The van der Waals surface area contributed by atoms with Gasteiger partial charge in [0, 0.05) is 23.4 Å². The van der Waals surface area contributed by atoms with Gasteiger partial charge in [-0.05, 0) is 38.2 Å². The fraction of sp³-hybridized carbons (Fsp3) is 0.650. The molecule has 0 fully saturated rings. The number of hydrogen-bond donors (Lipinski definition) is 0. The average Bonchev–Trinajstić information content (AvgIpc) is 2.95. The van der Waals surface area contributed by atoms with Crippen LogP contribution in [0, 0.1) is 18.8 Å². The van der Waals surface area contributed by atoms with Crippen molar-refractivity contribution >= 4 is 39.2 Å². The van der Waals surface area contributed by atoms with Crippen molar-refractivity contribution in [2.75, 3.05) is 13.1 Å². The summed E-state index contributed by atoms with van der Waals surface area (Å²) in [6.07, 6.45) is 0.995. The first-order chi connectivity index (χ1) is 12.2. The van der Waals surface area contributed by atoms with E-state index >= 15 is 0 Å². The Hall–Kier alpha value is -1.14. The molecule has 1 amide bonds. The molecule has 2 rings (SSSR count). The van der Waals surface area contributed by atoms with E-state index in [1.807, 2.05) is 18.7 Å². The third-order valence-corrected chi connectivity index (χ3v) is 6.25. The number of nitrogens with zero attached hydrogens (tertiary/aromatic N) is 3. The zero-order valence-electron chi connectivity index (χ0n) is 17.0. The maximum Gasteiger partial charge on any atom is 0.235 e. The Labute approximate surface area is 165 Å². The molecule has 0 aliphatic heterocycles. The van der Waals surface area contributed by atoms with Crippen molar-refractivity contribution in [1.82, 2.24) is 14.9 Å². The fourth-order valence-corrected chi connectivity index (χ4v) is 5.05. The van der Waals surface area contributed by atoms with Gasteiger partial charge in [0.05, 0.1) is 5.25 Å². The van der Waals surface area contributed by atoms with E-state index in [0.29, 0.717) is 11.8 Å². The molecule has 2 aromatic heterocycles. The molecule has 0 aromatic carbocycles. The van der Waals surface area contributed by atoms with Crippen LogP contribution < -0.4 is 0 Å². The van der Waals surface area contributed by atoms with E-state index in [0.717, 1.165) is 40.6 Å². The van der Waals surface area contributed by atoms with Crippen LogP contribution in [-0.2, 0) is 11.2 Å². The Balaban J connectivity index is 2.24. The van der Waals surface area contributed by atoms with Crippen molar-refractivity contribution in [1.29, 1.82) is 0 Å². The second-order valence-electron chi connectivity index (χ2n) is 7.65. The highest BCUT2D eigenvalue weighted by molar-refractivity contribution is 8.00. The average molecular weight is 394 g/mol. The third-order valence-electron chi connectivity index (χ3n) is 3.99. The van der Waals surface area contributed by atoms with E-state index in [1.54, 1.807) is 23.1 Å². The van der Waals surface area contributed by atoms with Crippen LogP contribution in [0.1, 0.15) is 52.2 Å². The molecule has 2 heterocycles. The third kappa shape index (κ3) is 5.43. The van der Waals surface area contributed by atoms with Gasteiger partial charge in [0.1, 0.15) is 15.7 Å². The van der Waals surface area contributed by atoms with Crippen molar-refractivity contribution in [3.63, 3.8) is 0 Å². The summed E-state index contributed by atoms with van der Waals surface area (Å²) in [6.45, 7) is 16.3. The lowest BCUT2D eigenvalue weighted by Crippen LogP contribution is -2.41. The van der Waals surface area contributed by atoms with Crippen molar-refractivity contribution in [2.45, 2.75) is 65.2 Å². The number of rotatable bonds is 8. The van der Waals surface area contributed by atoms with Gasteiger partial charge in [-0.1, -0.05) is 46.4 Å². The Morgan fingerprint density at radius 3 is 2.31 bits per heavy atom. The van der Waals surface area contributed by atoms with Gasteiger partial charge in [-0.3, -0.25) is 4.79 Å². The number of carbonyl (C=O) groups excluding carboxylic acids is 1. The summed E-state index contributed by atoms with van der Waals surface area (Å²) < 4.78 is 0. The topological polar surface area (TPSA) is 46.1 Å². The molecule has 1 unspecified atom stereocenters. The number of aryl methyl sites for hydroxylation is 2. The standard InChI is InChI=1S/C20H31N3OS2/c1-8-16-9-17-18(21-15(7)22-19(17)26-16)25-14(6)20(24)23(10-12(2)3)11-13(4)5/h9,12-14H,8,10-11H2,1-7H3. The highest BCUT2D eigenvalue weighted by Gasteiger charge is 2.24. The van der Waals surface area contributed by atoms with Crippen LogP contribution in [0.2, 0.25) is 0 Å². The maximum atomic E-state index is 13.1. The zero-order valence-corrected chi connectivity index (χ0v) is 18.6. The summed E-state index contributed by atoms with van der Waals surface area (Å²) in [6, 6.07) is 2.18. The molecule has 0 N–H and O–H groups in total. The number of fused-ring (bicyclic) bond motifs is 1. The van der Waals surface area contributed by atoms with Crippen LogP contribution in [0.4, 0.5) is 0 Å². The number of hydrogen-bond acceptors (Lipinski definition) is 5. The minimum Gasteiger partial charge on any atom is -0.341 e. The molecule has 2 aromatic rings. The molecule has 144 valence electrons. The van der Waals surface area contributed by atoms with Crippen LogP contribution in [0.15, 0.2) is 11.1 Å². The van der Waals surface area contributed by atoms with Gasteiger partial charge >= 0.3 is 0 Å². The monoisotopic (exact) mass is 393 g/mol. The number of aromatic nitrogens is 2. The predicted molar refractivity (Wildman–Crippen MR) is 113 cm³/mol. The van der Waals surface area contributed by atoms with Crippen molar-refractivity contribution in [2.24, 2.45) is 11.8 Å². The van der Waals surface area contributed by atoms with E-state index in [9.17, 15) is 4.79 Å². The van der Waals surface area contributed by atoms with Crippen LogP contribution in [0.3, 0.4) is 0 Å². The zero-order chi connectivity index (χ0) is 19.4. The van der Waals surface area contributed by atoms with Crippen molar-refractivity contribution in [3.8, 4) is 0 Å². The molecule has 4 nitrogen and oxygen atoms in total. The molecule has 0 spiro atoms. The number of thioether (sulfide) groups is 1. The molecule has 0 saturated carbocycles. The van der Waals surface area contributed by atoms with Crippen LogP contribution in [0.25, 0.3) is 10.2 Å². The number of amides is 1. The van der Waals surface area contributed by atoms with Crippen molar-refractivity contribution < 1.29 is 4.79 Å². The van der Waals surface area contributed by atoms with Gasteiger partial charge < -0.3 is 4.90 Å². The molecule has 0 saturated heterocycles. The molecule has 26 heavy (non-hydrogen) atoms. The lowest BCUT2D eigenvalue weighted by atomic mass is 10.1. The summed E-state index contributed by atoms with van der Waals surface area (Å²) in [7, 11) is 0. The Morgan fingerprint density at radius 1 is 1.15 bits per heavy atom. The first kappa shape index (κ1) is 21.2. The normalized spacial score (nSPS) is 13.0. The largest absolute Gasteiger partial charge is 0.341 e. The minimum atomic E-state index is -0.157. The second kappa shape index (κ2) is 9.18. The molecule has 1 atom stereocenters. The second-order valence-corrected chi connectivity index (χ2v) is 10.1. The highest BCUT2D eigenvalue weighted by atomic mass is 32.2. The summed E-state index contributed by atoms with van der Waals surface area (Å²) in [5, 5.41) is 1.86. The summed E-state index contributed by atoms with van der Waals surface area (Å²) >= 11 is 3.29. The van der Waals surface area contributed by atoms with E-state index in [4.69, 9.17) is 0 Å². The summed E-state index contributed by atoms with van der Waals surface area (Å²) in [5.74, 6) is 1.90. The predicted octanol–water partition coefficient (Wildman–Crippen LogP) is 5.18. The summed E-state index contributed by atoms with van der Waals surface area (Å²) in [5.41, 5.74) is 0. The Bertz CT molecular complexity index is 745. The smallest absolute Gasteiger partial charge is 0.235 e. The molecule has 0 bridgehead atoms. The molecule has 0 aliphatic carbocycles. The lowest BCUT2D eigenvalue weighted by Gasteiger charge is -2.28. The number of thiophene rings is 1. The summed E-state index contributed by atoms with van der Waals surface area (Å²) in [4.78, 5) is 26.6. The van der Waals surface area contributed by atoms with Crippen LogP contribution >= 0.6 is 23.1 Å². The quantitative estimate of drug-likeness (QED) is 0.458. The van der Waals surface area contributed by atoms with Gasteiger partial charge in [-0.25, -0.2) is 9.97 Å². The van der Waals surface area contributed by atoms with Crippen LogP contribution in [-0.4, -0.2) is 39.1 Å². The van der Waals surface area contributed by atoms with E-state index in [2.05, 4.69) is 50.7 Å². The molecule has 6 heteroatoms. The molecule has 0 aliphatic rings. The van der Waals surface area contributed by atoms with E-state index < -0.39 is 0 Å². The van der Waals surface area contributed by atoms with Gasteiger partial charge in [0.2, 0.25) is 5.91 Å². The van der Waals surface area contributed by atoms with Crippen molar-refractivity contribution in [3.05, 3.63) is 16.8 Å². The SMILES string of the molecule is CCc1cc2c(SC(C)C(=O)N(CC(C)C)CC(C)C)nc(C)nc2s1. The molecule has 0 radical (unpaired) electrons. The Kier molecular flexibility index (Phi) is 7.47.